The van der Waals surface area contributed by atoms with Gasteiger partial charge in [0.1, 0.15) is 0 Å². The number of hydrogen-bond acceptors (Lipinski definition) is 14. The average Bonchev–Trinajstić information content (AvgIpc) is 2.35. The maximum Gasteiger partial charge on any atom is 2.00 e. The van der Waals surface area contributed by atoms with Gasteiger partial charge < -0.3 is 57.8 Å². The molecule has 0 fully saturated rings. The predicted octanol–water partition coefficient (Wildman–Crippen LogP) is -4.23. The molecule has 0 aromatic heterocycles. The van der Waals surface area contributed by atoms with E-state index in [1.807, 2.05) is 0 Å². The summed E-state index contributed by atoms with van der Waals surface area (Å²) in [6.45, 7) is 5.62. The minimum atomic E-state index is -5.60. The Morgan fingerprint density at radius 2 is 0.852 bits per heavy atom. The average molecular weight is 749 g/mol. The van der Waals surface area contributed by atoms with Crippen LogP contribution in [0.25, 0.3) is 0 Å². The Labute approximate surface area is 194 Å². The molecule has 168 valence electrons. The molecule has 14 nitrogen and oxygen atoms in total. The van der Waals surface area contributed by atoms with Crippen molar-refractivity contribution in [3.8, 4) is 0 Å². The Morgan fingerprint density at radius 1 is 0.667 bits per heavy atom. The molecule has 0 saturated heterocycles. The van der Waals surface area contributed by atoms with E-state index in [4.69, 9.17) is 10.2 Å². The topological polar surface area (TPSA) is 266 Å². The van der Waals surface area contributed by atoms with Crippen LogP contribution in [0.2, 0.25) is 0 Å². The van der Waals surface area contributed by atoms with Gasteiger partial charge in [0, 0.05) is 0 Å². The quantitative estimate of drug-likeness (QED) is 0.135. The first-order chi connectivity index (χ1) is 10.4. The Morgan fingerprint density at radius 3 is 0.963 bits per heavy atom. The molecule has 0 aromatic rings. The summed E-state index contributed by atoms with van der Waals surface area (Å²) >= 11 is 0. The maximum atomic E-state index is 10.5. The minimum Gasteiger partial charge on any atom is -0.809 e. The van der Waals surface area contributed by atoms with Crippen LogP contribution < -0.4 is 29.4 Å². The molecule has 0 radical (unpaired) electrons. The summed E-state index contributed by atoms with van der Waals surface area (Å²) in [4.78, 5) is 60.9. The second kappa shape index (κ2) is 15.5. The second-order valence-electron chi connectivity index (χ2n) is 3.40. The summed E-state index contributed by atoms with van der Waals surface area (Å²) in [6.07, 6.45) is 0.791. The third-order valence-corrected chi connectivity index (χ3v) is 8.12. The first-order valence-corrected chi connectivity index (χ1v) is 11.5. The van der Waals surface area contributed by atoms with E-state index in [0.717, 1.165) is 0 Å². The smallest absolute Gasteiger partial charge is 0.809 e. The Hall–Kier alpha value is 1.67. The van der Waals surface area contributed by atoms with Crippen LogP contribution in [0.4, 0.5) is 0 Å². The van der Waals surface area contributed by atoms with Crippen LogP contribution in [-0.4, -0.2) is 21.4 Å². The number of hydrogen-bond donors (Lipinski definition) is 2. The van der Waals surface area contributed by atoms with Crippen LogP contribution in [0.15, 0.2) is 25.7 Å². The van der Waals surface area contributed by atoms with Crippen molar-refractivity contribution in [3.05, 3.63) is 25.7 Å². The van der Waals surface area contributed by atoms with E-state index in [-0.39, 0.29) is 61.3 Å². The molecule has 0 bridgehead atoms. The number of aliphatic hydroxyl groups is 2. The van der Waals surface area contributed by atoms with Gasteiger partial charge in [-0.1, -0.05) is 13.2 Å². The normalized spacial score (nSPS) is 17.2. The van der Waals surface area contributed by atoms with Gasteiger partial charge in [0.05, 0.1) is 12.5 Å². The molecule has 4 atom stereocenters. The summed E-state index contributed by atoms with van der Waals surface area (Å²) in [5, 5.41) is 16.8. The van der Waals surface area contributed by atoms with E-state index in [9.17, 15) is 47.6 Å². The van der Waals surface area contributed by atoms with E-state index in [0.29, 0.717) is 12.5 Å². The molecule has 0 aliphatic heterocycles. The number of rotatable bonds is 8. The Bertz CT molecular complexity index is 574. The third kappa shape index (κ3) is 16.1. The van der Waals surface area contributed by atoms with Crippen molar-refractivity contribution in [2.75, 3.05) is 0 Å². The van der Waals surface area contributed by atoms with Gasteiger partial charge in [-0.25, -0.2) is 0 Å². The van der Waals surface area contributed by atoms with Gasteiger partial charge >= 0.3 is 61.3 Å². The molecule has 27 heavy (non-hydrogen) atoms. The number of aliphatic hydroxyl groups excluding tert-OH is 2. The van der Waals surface area contributed by atoms with Crippen molar-refractivity contribution in [2.45, 2.75) is 11.2 Å². The van der Waals surface area contributed by atoms with E-state index in [1.54, 1.807) is 0 Å². The second-order valence-corrected chi connectivity index (χ2v) is 10.9. The van der Waals surface area contributed by atoms with Crippen molar-refractivity contribution in [1.82, 2.24) is 0 Å². The molecule has 2 N–H and O–H groups in total. The standard InChI is InChI=1S/2C3H8O7P2.3Pd/c2*1-2-10-12(8,9)3(4)11(5,6)7;;;/h2*2-4H,1H2,(H,8,9)(H2,5,6,7);;;/q;;3*+2/p-6. The van der Waals surface area contributed by atoms with Crippen molar-refractivity contribution in [2.24, 2.45) is 0 Å². The molecule has 0 aliphatic carbocycles. The Balaban J connectivity index is -0.000000108. The molecule has 21 heteroatoms. The van der Waals surface area contributed by atoms with Crippen LogP contribution in [0.5, 0.6) is 0 Å². The van der Waals surface area contributed by atoms with Crippen molar-refractivity contribution < 1.29 is 128 Å². The zero-order chi connectivity index (χ0) is 20.0. The Kier molecular flexibility index (Phi) is 22.4. The van der Waals surface area contributed by atoms with Crippen LogP contribution in [0.1, 0.15) is 0 Å². The van der Waals surface area contributed by atoms with Crippen molar-refractivity contribution in [1.29, 1.82) is 0 Å². The van der Waals surface area contributed by atoms with Crippen molar-refractivity contribution >= 4 is 30.4 Å². The van der Waals surface area contributed by atoms with Crippen LogP contribution in [0, 0.1) is 0 Å². The molecular weight excluding hydrogens is 739 g/mol. The molecule has 4 unspecified atom stereocenters. The first-order valence-electron chi connectivity index (χ1n) is 5.03. The minimum absolute atomic E-state index is 0. The van der Waals surface area contributed by atoms with Crippen LogP contribution in [-0.2, 0) is 88.6 Å². The summed E-state index contributed by atoms with van der Waals surface area (Å²) < 4.78 is 48.3. The van der Waals surface area contributed by atoms with Gasteiger partial charge in [-0.2, -0.15) is 0 Å². The van der Waals surface area contributed by atoms with E-state index in [2.05, 4.69) is 22.2 Å². The van der Waals surface area contributed by atoms with Gasteiger partial charge in [-0.3, -0.25) is 9.13 Å². The molecule has 0 amide bonds. The van der Waals surface area contributed by atoms with Gasteiger partial charge in [0.25, 0.3) is 0 Å². The maximum absolute atomic E-state index is 10.5. The zero-order valence-corrected chi connectivity index (χ0v) is 20.5. The van der Waals surface area contributed by atoms with E-state index >= 15 is 0 Å². The zero-order valence-electron chi connectivity index (χ0n) is 12.3. The largest absolute Gasteiger partial charge is 2.00 e. The monoisotopic (exact) mass is 748 g/mol. The molecule has 0 rings (SSSR count). The molecular formula is C6H10O14P4Pd3. The molecule has 0 aliphatic rings. The van der Waals surface area contributed by atoms with Gasteiger partial charge in [0.15, 0.2) is 11.2 Å². The van der Waals surface area contributed by atoms with Gasteiger partial charge in [-0.05, 0) is 15.2 Å². The van der Waals surface area contributed by atoms with E-state index in [1.165, 1.54) is 0 Å². The SMILES string of the molecule is C=COP(=O)([O-])C(O)P(=O)([O-])[O-].C=COP(=O)([O-])C(O)P(=O)([O-])[O-].[Pd+2].[Pd+2].[Pd+2]. The summed E-state index contributed by atoms with van der Waals surface area (Å²) in [7, 11) is -21.4. The molecule has 0 heterocycles. The fourth-order valence-corrected chi connectivity index (χ4v) is 4.39. The van der Waals surface area contributed by atoms with Gasteiger partial charge in [0.2, 0.25) is 15.2 Å². The van der Waals surface area contributed by atoms with Gasteiger partial charge in [-0.15, -0.1) is 0 Å². The molecule has 0 aromatic carbocycles. The van der Waals surface area contributed by atoms with Crippen LogP contribution in [0.3, 0.4) is 0 Å². The molecule has 0 saturated carbocycles. The predicted molar refractivity (Wildman–Crippen MR) is 65.0 cm³/mol. The fourth-order valence-electron chi connectivity index (χ4n) is 0.663. The fraction of sp³-hybridized carbons (Fsp3) is 0.333. The van der Waals surface area contributed by atoms with Crippen molar-refractivity contribution in [3.63, 3.8) is 0 Å². The first kappa shape index (κ1) is 39.2. The molecule has 0 spiro atoms. The van der Waals surface area contributed by atoms with E-state index < -0.39 is 41.6 Å². The summed E-state index contributed by atoms with van der Waals surface area (Å²) in [5.41, 5.74) is -6.13. The third-order valence-electron chi connectivity index (χ3n) is 1.57. The summed E-state index contributed by atoms with van der Waals surface area (Å²) in [6, 6.07) is 0. The van der Waals surface area contributed by atoms with Crippen LogP contribution >= 0.6 is 30.4 Å². The summed E-state index contributed by atoms with van der Waals surface area (Å²) in [5.74, 6) is 0.